The molecule has 2 aromatic rings. The van der Waals surface area contributed by atoms with Gasteiger partial charge in [0, 0.05) is 6.20 Å². The van der Waals surface area contributed by atoms with Gasteiger partial charge in [0.25, 0.3) is 0 Å². The molecule has 1 aliphatic carbocycles. The number of benzene rings is 1. The second-order valence-corrected chi connectivity index (χ2v) is 7.11. The van der Waals surface area contributed by atoms with Gasteiger partial charge >= 0.3 is 0 Å². The van der Waals surface area contributed by atoms with Crippen LogP contribution in [-0.2, 0) is 15.6 Å². The van der Waals surface area contributed by atoms with E-state index >= 15 is 0 Å². The maximum atomic E-state index is 12.6. The van der Waals surface area contributed by atoms with Gasteiger partial charge in [0.2, 0.25) is 5.91 Å². The zero-order valence-corrected chi connectivity index (χ0v) is 13.4. The van der Waals surface area contributed by atoms with Crippen LogP contribution in [0.1, 0.15) is 44.7 Å². The number of nitrogens with one attached hydrogen (secondary N) is 1. The van der Waals surface area contributed by atoms with E-state index in [1.54, 1.807) is 12.4 Å². The van der Waals surface area contributed by atoms with Gasteiger partial charge in [-0.15, -0.1) is 0 Å². The lowest BCUT2D eigenvalue weighted by Crippen LogP contribution is -2.28. The smallest absolute Gasteiger partial charge is 0.235 e. The summed E-state index contributed by atoms with van der Waals surface area (Å²) in [4.78, 5) is 16.7. The lowest BCUT2D eigenvalue weighted by Gasteiger charge is -2.21. The van der Waals surface area contributed by atoms with Crippen LogP contribution in [0.5, 0.6) is 0 Å². The number of nitrogens with zero attached hydrogens (tertiary/aromatic N) is 1. The number of aromatic nitrogens is 1. The summed E-state index contributed by atoms with van der Waals surface area (Å²) >= 11 is 0. The van der Waals surface area contributed by atoms with Crippen molar-refractivity contribution in [2.24, 2.45) is 0 Å². The number of pyridine rings is 1. The minimum Gasteiger partial charge on any atom is -0.324 e. The second-order valence-electron chi connectivity index (χ2n) is 7.11. The largest absolute Gasteiger partial charge is 0.324 e. The average Bonchev–Trinajstić information content (AvgIpc) is 3.29. The molecule has 1 heterocycles. The van der Waals surface area contributed by atoms with Crippen LogP contribution in [0.4, 0.5) is 5.69 Å². The molecule has 1 aromatic heterocycles. The fraction of sp³-hybridized carbons (Fsp3) is 0.368. The van der Waals surface area contributed by atoms with Gasteiger partial charge in [-0.3, -0.25) is 9.78 Å². The Balaban J connectivity index is 1.80. The highest BCUT2D eigenvalue weighted by Crippen LogP contribution is 2.49. The molecule has 114 valence electrons. The standard InChI is InChI=1S/C19H22N2O/c1-18(2,3)14-6-8-15(9-7-14)19(10-11-19)17(22)21-16-5-4-12-20-13-16/h4-9,12-13H,10-11H2,1-3H3,(H,21,22). The summed E-state index contributed by atoms with van der Waals surface area (Å²) in [6.07, 6.45) is 5.20. The maximum Gasteiger partial charge on any atom is 0.235 e. The number of amides is 1. The third-order valence-corrected chi connectivity index (χ3v) is 4.41. The Morgan fingerprint density at radius 3 is 2.32 bits per heavy atom. The predicted molar refractivity (Wildman–Crippen MR) is 88.9 cm³/mol. The first-order valence-corrected chi connectivity index (χ1v) is 7.74. The maximum absolute atomic E-state index is 12.6. The van der Waals surface area contributed by atoms with Crippen molar-refractivity contribution >= 4 is 11.6 Å². The molecule has 1 aliphatic rings. The zero-order chi connectivity index (χ0) is 15.8. The van der Waals surface area contributed by atoms with Crippen LogP contribution in [0, 0.1) is 0 Å². The van der Waals surface area contributed by atoms with Crippen LogP contribution in [0.3, 0.4) is 0 Å². The molecule has 3 nitrogen and oxygen atoms in total. The summed E-state index contributed by atoms with van der Waals surface area (Å²) in [5.41, 5.74) is 2.94. The molecule has 0 unspecified atom stereocenters. The summed E-state index contributed by atoms with van der Waals surface area (Å²) in [5, 5.41) is 2.99. The van der Waals surface area contributed by atoms with Gasteiger partial charge in [-0.05, 0) is 41.5 Å². The summed E-state index contributed by atoms with van der Waals surface area (Å²) in [6.45, 7) is 6.60. The van der Waals surface area contributed by atoms with Gasteiger partial charge in [0.15, 0.2) is 0 Å². The Morgan fingerprint density at radius 2 is 1.82 bits per heavy atom. The number of rotatable bonds is 3. The normalized spacial score (nSPS) is 16.1. The number of carbonyl (C=O) groups excluding carboxylic acids is 1. The van der Waals surface area contributed by atoms with Crippen molar-refractivity contribution in [2.75, 3.05) is 5.32 Å². The van der Waals surface area contributed by atoms with E-state index < -0.39 is 0 Å². The summed E-state index contributed by atoms with van der Waals surface area (Å²) < 4.78 is 0. The third kappa shape index (κ3) is 2.76. The van der Waals surface area contributed by atoms with E-state index in [9.17, 15) is 4.79 Å². The monoisotopic (exact) mass is 294 g/mol. The molecule has 0 spiro atoms. The minimum atomic E-state index is -0.355. The number of anilines is 1. The van der Waals surface area contributed by atoms with Crippen LogP contribution < -0.4 is 5.32 Å². The van der Waals surface area contributed by atoms with E-state index in [1.165, 1.54) is 5.56 Å². The van der Waals surface area contributed by atoms with Gasteiger partial charge in [-0.25, -0.2) is 0 Å². The molecule has 1 N–H and O–H groups in total. The van der Waals surface area contributed by atoms with Crippen molar-refractivity contribution in [1.29, 1.82) is 0 Å². The Kier molecular flexibility index (Phi) is 3.51. The van der Waals surface area contributed by atoms with Crippen molar-refractivity contribution in [3.05, 3.63) is 59.9 Å². The summed E-state index contributed by atoms with van der Waals surface area (Å²) in [5.74, 6) is 0.0732. The fourth-order valence-electron chi connectivity index (χ4n) is 2.75. The van der Waals surface area contributed by atoms with Gasteiger partial charge in [-0.2, -0.15) is 0 Å². The van der Waals surface area contributed by atoms with Crippen LogP contribution in [0.2, 0.25) is 0 Å². The molecule has 0 radical (unpaired) electrons. The second kappa shape index (κ2) is 5.24. The number of carbonyl (C=O) groups is 1. The van der Waals surface area contributed by atoms with Crippen LogP contribution in [0.15, 0.2) is 48.8 Å². The van der Waals surface area contributed by atoms with Gasteiger partial charge in [0.05, 0.1) is 17.3 Å². The molecule has 1 saturated carbocycles. The first kappa shape index (κ1) is 14.8. The molecule has 3 rings (SSSR count). The van der Waals surface area contributed by atoms with Crippen molar-refractivity contribution in [1.82, 2.24) is 4.98 Å². The van der Waals surface area contributed by atoms with Gasteiger partial charge in [0.1, 0.15) is 0 Å². The number of hydrogen-bond donors (Lipinski definition) is 1. The highest BCUT2D eigenvalue weighted by molar-refractivity contribution is 6.01. The number of hydrogen-bond acceptors (Lipinski definition) is 2. The van der Waals surface area contributed by atoms with Crippen molar-refractivity contribution < 1.29 is 4.79 Å². The van der Waals surface area contributed by atoms with E-state index in [1.807, 2.05) is 12.1 Å². The lowest BCUT2D eigenvalue weighted by atomic mass is 9.85. The molecule has 0 bridgehead atoms. The van der Waals surface area contributed by atoms with E-state index in [0.717, 1.165) is 24.1 Å². The van der Waals surface area contributed by atoms with E-state index in [2.05, 4.69) is 55.3 Å². The predicted octanol–water partition coefficient (Wildman–Crippen LogP) is 4.05. The topological polar surface area (TPSA) is 42.0 Å². The molecule has 0 saturated heterocycles. The van der Waals surface area contributed by atoms with Gasteiger partial charge < -0.3 is 5.32 Å². The molecule has 3 heteroatoms. The van der Waals surface area contributed by atoms with Crippen molar-refractivity contribution in [3.63, 3.8) is 0 Å². The Labute approximate surface area is 131 Å². The molecule has 1 amide bonds. The molecule has 1 fully saturated rings. The molecule has 0 aliphatic heterocycles. The molecule has 1 aromatic carbocycles. The first-order valence-electron chi connectivity index (χ1n) is 7.74. The highest BCUT2D eigenvalue weighted by Gasteiger charge is 2.51. The Bertz CT molecular complexity index is 665. The lowest BCUT2D eigenvalue weighted by molar-refractivity contribution is -0.118. The van der Waals surface area contributed by atoms with Crippen LogP contribution in [-0.4, -0.2) is 10.9 Å². The van der Waals surface area contributed by atoms with Gasteiger partial charge in [-0.1, -0.05) is 45.0 Å². The molecular weight excluding hydrogens is 272 g/mol. The average molecular weight is 294 g/mol. The summed E-state index contributed by atoms with van der Waals surface area (Å²) in [7, 11) is 0. The minimum absolute atomic E-state index is 0.0732. The quantitative estimate of drug-likeness (QED) is 0.928. The van der Waals surface area contributed by atoms with E-state index in [4.69, 9.17) is 0 Å². The summed E-state index contributed by atoms with van der Waals surface area (Å²) in [6, 6.07) is 12.2. The molecular formula is C19H22N2O. The third-order valence-electron chi connectivity index (χ3n) is 4.41. The molecule has 0 atom stereocenters. The van der Waals surface area contributed by atoms with Crippen LogP contribution in [0.25, 0.3) is 0 Å². The van der Waals surface area contributed by atoms with E-state index in [0.29, 0.717) is 0 Å². The van der Waals surface area contributed by atoms with E-state index in [-0.39, 0.29) is 16.7 Å². The van der Waals surface area contributed by atoms with Crippen molar-refractivity contribution in [3.8, 4) is 0 Å². The Hall–Kier alpha value is -2.16. The highest BCUT2D eigenvalue weighted by atomic mass is 16.2. The fourth-order valence-corrected chi connectivity index (χ4v) is 2.75. The zero-order valence-electron chi connectivity index (χ0n) is 13.4. The SMILES string of the molecule is CC(C)(C)c1ccc(C2(C(=O)Nc3cccnc3)CC2)cc1. The first-order chi connectivity index (χ1) is 10.4. The van der Waals surface area contributed by atoms with Crippen LogP contribution >= 0.6 is 0 Å². The molecule has 22 heavy (non-hydrogen) atoms. The van der Waals surface area contributed by atoms with Crippen molar-refractivity contribution in [2.45, 2.75) is 44.4 Å². The Morgan fingerprint density at radius 1 is 1.14 bits per heavy atom.